The molecule has 3 fully saturated rings. The van der Waals surface area contributed by atoms with Crippen molar-refractivity contribution in [3.63, 3.8) is 0 Å². The lowest BCUT2D eigenvalue weighted by atomic mass is 10.1. The molecule has 3 saturated heterocycles. The Bertz CT molecular complexity index is 1800. The van der Waals surface area contributed by atoms with Gasteiger partial charge in [0.1, 0.15) is 73.6 Å². The van der Waals surface area contributed by atoms with Crippen molar-refractivity contribution >= 4 is 29.3 Å². The van der Waals surface area contributed by atoms with Crippen molar-refractivity contribution in [2.24, 2.45) is 21.5 Å². The Morgan fingerprint density at radius 1 is 0.860 bits per heavy atom. The summed E-state index contributed by atoms with van der Waals surface area (Å²) in [6, 6.07) is -0.445. The Balaban J connectivity index is 0.000000164. The molecule has 1 aromatic heterocycles. The second kappa shape index (κ2) is 17.3. The zero-order valence-electron chi connectivity index (χ0n) is 30.9. The molecule has 26 nitrogen and oxygen atoms in total. The lowest BCUT2D eigenvalue weighted by Crippen LogP contribution is -2.61. The van der Waals surface area contributed by atoms with Crippen LogP contribution in [-0.2, 0) is 19.0 Å². The van der Waals surface area contributed by atoms with E-state index >= 15 is 0 Å². The SMILES string of the molecule is CC1(N)N=C2C(=NCN2[C@@H]2O[C@H](CO)[C@@H](O)[C@H]2O)C(=O)N1.CN1C(=O)N([C@@H]2O[C@H](CO)[C@@H](O)[C@H]2O)C=CC1N.Cc1cn([C@@H]2O[C@H](CO)[C@@H](O)[C@H]2O)c(=O)nc1N. The molecule has 6 aliphatic heterocycles. The highest BCUT2D eigenvalue weighted by molar-refractivity contribution is 6.67. The molecule has 7 rings (SSSR count). The minimum atomic E-state index is -1.32. The van der Waals surface area contributed by atoms with Gasteiger partial charge in [0.15, 0.2) is 36.0 Å². The van der Waals surface area contributed by atoms with E-state index in [0.29, 0.717) is 5.56 Å². The molecule has 0 spiro atoms. The molecule has 16 N–H and O–H groups in total. The Morgan fingerprint density at radius 3 is 1.91 bits per heavy atom. The van der Waals surface area contributed by atoms with Gasteiger partial charge >= 0.3 is 11.7 Å². The molecule has 14 atom stereocenters. The summed E-state index contributed by atoms with van der Waals surface area (Å²) in [5, 5.41) is 88.2. The van der Waals surface area contributed by atoms with E-state index in [1.54, 1.807) is 13.0 Å². The van der Waals surface area contributed by atoms with Crippen LogP contribution < -0.4 is 28.2 Å². The number of urea groups is 1. The average Bonchev–Trinajstić information content (AvgIpc) is 3.88. The predicted octanol–water partition coefficient (Wildman–Crippen LogP) is -8.36. The minimum absolute atomic E-state index is 0.0459. The Morgan fingerprint density at radius 2 is 1.37 bits per heavy atom. The van der Waals surface area contributed by atoms with Crippen molar-refractivity contribution in [3.8, 4) is 0 Å². The van der Waals surface area contributed by atoms with Gasteiger partial charge in [-0.3, -0.25) is 25.0 Å². The van der Waals surface area contributed by atoms with Gasteiger partial charge in [0.05, 0.1) is 19.8 Å². The number of carbonyl (C=O) groups excluding carboxylic acids is 2. The van der Waals surface area contributed by atoms with Gasteiger partial charge in [-0.05, 0) is 19.9 Å². The molecule has 26 heteroatoms. The first-order valence-electron chi connectivity index (χ1n) is 17.5. The van der Waals surface area contributed by atoms with E-state index < -0.39 is 123 Å². The third kappa shape index (κ3) is 8.64. The van der Waals surface area contributed by atoms with Crippen molar-refractivity contribution in [1.82, 2.24) is 29.6 Å². The van der Waals surface area contributed by atoms with Crippen LogP contribution in [0.4, 0.5) is 10.6 Å². The number of amides is 3. The number of nitrogens with two attached hydrogens (primary N) is 3. The van der Waals surface area contributed by atoms with Gasteiger partial charge < -0.3 is 86.8 Å². The zero-order chi connectivity index (χ0) is 42.3. The van der Waals surface area contributed by atoms with Gasteiger partial charge in [-0.1, -0.05) is 0 Å². The molecule has 6 aliphatic rings. The van der Waals surface area contributed by atoms with E-state index in [-0.39, 0.29) is 24.0 Å². The first-order valence-corrected chi connectivity index (χ1v) is 17.5. The lowest BCUT2D eigenvalue weighted by Gasteiger charge is -2.36. The van der Waals surface area contributed by atoms with E-state index in [1.165, 1.54) is 36.2 Å². The number of nitrogen functional groups attached to an aromatic ring is 1. The summed E-state index contributed by atoms with van der Waals surface area (Å²) in [5.74, 6) is -1.44. The van der Waals surface area contributed by atoms with E-state index in [9.17, 15) is 45.0 Å². The number of aliphatic hydroxyl groups is 9. The van der Waals surface area contributed by atoms with Gasteiger partial charge in [-0.2, -0.15) is 4.98 Å². The van der Waals surface area contributed by atoms with E-state index in [0.717, 1.165) is 9.47 Å². The van der Waals surface area contributed by atoms with Crippen LogP contribution >= 0.6 is 0 Å². The van der Waals surface area contributed by atoms with Gasteiger partial charge in [0.25, 0.3) is 5.91 Å². The first kappa shape index (κ1) is 43.9. The van der Waals surface area contributed by atoms with Crippen molar-refractivity contribution in [2.75, 3.05) is 39.3 Å². The molecule has 0 saturated carbocycles. The molecule has 1 aromatic rings. The number of fused-ring (bicyclic) bond motifs is 1. The highest BCUT2D eigenvalue weighted by atomic mass is 16.6. The normalized spacial score (nSPS) is 38.6. The number of aliphatic imine (C=N–C) groups is 2. The number of rotatable bonds is 6. The summed E-state index contributed by atoms with van der Waals surface area (Å²) in [6.07, 6.45) is -9.57. The highest BCUT2D eigenvalue weighted by Crippen LogP contribution is 2.30. The van der Waals surface area contributed by atoms with Crippen molar-refractivity contribution in [1.29, 1.82) is 0 Å². The number of hydrogen-bond donors (Lipinski definition) is 13. The average molecular weight is 816 g/mol. The number of hydrogen-bond acceptors (Lipinski definition) is 22. The number of aliphatic hydroxyl groups excluding tert-OH is 9. The van der Waals surface area contributed by atoms with Crippen LogP contribution in [-0.4, -0.2) is 207 Å². The maximum absolute atomic E-state index is 12.0. The van der Waals surface area contributed by atoms with E-state index in [2.05, 4.69) is 20.3 Å². The van der Waals surface area contributed by atoms with Crippen LogP contribution in [0.25, 0.3) is 0 Å². The van der Waals surface area contributed by atoms with Crippen molar-refractivity contribution < 1.29 is 69.8 Å². The second-order valence-electron chi connectivity index (χ2n) is 14.0. The standard InChI is InChI=1S/C11H17N5O5.C10H15N3O5.C10H17N3O5/c1-11(12)14-8-5(9(20)15-11)13-3-16(8)10-7(19)6(18)4(2-17)21-10;1-4-2-13(10(17)12-8(4)11)9-7(16)6(15)5(3-14)18-9;1-12-6(11)2-3-13(10(12)17)9-8(16)7(15)5(4-14)18-9/h4,6-7,10,17-19H,2-3,12H2,1H3,(H,15,20);2,5-7,9,14-16H,3H2,1H3,(H2,11,12,17);2-3,5-9,14-16H,4,11H2,1H3/t4-,6-,7-,10-,11?;5-,6-,7-,9-;5-,6?,7-,8-,9-/m111/s1. The summed E-state index contributed by atoms with van der Waals surface area (Å²) in [4.78, 5) is 51.2. The largest absolute Gasteiger partial charge is 0.394 e. The Labute approximate surface area is 323 Å². The smallest absolute Gasteiger partial charge is 0.351 e. The number of ether oxygens (including phenoxy) is 3. The van der Waals surface area contributed by atoms with Crippen molar-refractivity contribution in [2.45, 2.75) is 99.4 Å². The number of amidine groups is 1. The first-order chi connectivity index (χ1) is 26.8. The lowest BCUT2D eigenvalue weighted by molar-refractivity contribution is -0.116. The third-order valence-electron chi connectivity index (χ3n) is 9.78. The summed E-state index contributed by atoms with van der Waals surface area (Å²) < 4.78 is 17.0. The number of anilines is 1. The van der Waals surface area contributed by atoms with Crippen LogP contribution in [0.3, 0.4) is 0 Å². The molecular formula is C31H49N11O15. The number of carbonyl (C=O) groups is 2. The fourth-order valence-corrected chi connectivity index (χ4v) is 6.44. The highest BCUT2D eigenvalue weighted by Gasteiger charge is 2.50. The summed E-state index contributed by atoms with van der Waals surface area (Å²) in [7, 11) is 1.52. The summed E-state index contributed by atoms with van der Waals surface area (Å²) in [6.45, 7) is 1.89. The number of aryl methyl sites for hydroxylation is 1. The zero-order valence-corrected chi connectivity index (χ0v) is 30.9. The molecular weight excluding hydrogens is 766 g/mol. The molecule has 57 heavy (non-hydrogen) atoms. The molecule has 2 unspecified atom stereocenters. The van der Waals surface area contributed by atoms with Crippen molar-refractivity contribution in [3.05, 3.63) is 34.5 Å². The maximum Gasteiger partial charge on any atom is 0.351 e. The second-order valence-corrected chi connectivity index (χ2v) is 14.0. The van der Waals surface area contributed by atoms with Gasteiger partial charge in [-0.15, -0.1) is 0 Å². The number of nitrogens with zero attached hydrogens (tertiary/aromatic N) is 7. The molecule has 0 bridgehead atoms. The molecule has 7 heterocycles. The Kier molecular flexibility index (Phi) is 13.3. The van der Waals surface area contributed by atoms with Crippen LogP contribution in [0.15, 0.2) is 33.3 Å². The number of nitrogens with one attached hydrogen (secondary N) is 1. The molecule has 0 radical (unpaired) electrons. The monoisotopic (exact) mass is 815 g/mol. The van der Waals surface area contributed by atoms with Crippen LogP contribution in [0.2, 0.25) is 0 Å². The third-order valence-corrected chi connectivity index (χ3v) is 9.78. The van der Waals surface area contributed by atoms with Gasteiger partial charge in [0.2, 0.25) is 0 Å². The molecule has 3 amide bonds. The van der Waals surface area contributed by atoms with E-state index in [4.69, 9.17) is 46.7 Å². The maximum atomic E-state index is 12.0. The fraction of sp³-hybridized carbons (Fsp3) is 0.677. The van der Waals surface area contributed by atoms with Crippen LogP contribution in [0, 0.1) is 6.92 Å². The van der Waals surface area contributed by atoms with Crippen LogP contribution in [0.5, 0.6) is 0 Å². The van der Waals surface area contributed by atoms with Gasteiger partial charge in [0, 0.05) is 25.0 Å². The molecule has 0 aromatic carbocycles. The fourth-order valence-electron chi connectivity index (χ4n) is 6.44. The summed E-state index contributed by atoms with van der Waals surface area (Å²) in [5.41, 5.74) is 16.9. The minimum Gasteiger partial charge on any atom is -0.394 e. The Hall–Kier alpha value is -4.26. The number of aromatic nitrogens is 2. The van der Waals surface area contributed by atoms with Gasteiger partial charge in [-0.25, -0.2) is 14.6 Å². The predicted molar refractivity (Wildman–Crippen MR) is 191 cm³/mol. The molecule has 318 valence electrons. The van der Waals surface area contributed by atoms with Crippen LogP contribution in [0.1, 0.15) is 18.7 Å². The summed E-state index contributed by atoms with van der Waals surface area (Å²) >= 11 is 0. The molecule has 0 aliphatic carbocycles. The topological polar surface area (TPSA) is 403 Å². The quantitative estimate of drug-likeness (QED) is 0.127. The number of likely N-dealkylation sites (N-methyl/N-ethyl adjacent to an activating group) is 1. The van der Waals surface area contributed by atoms with E-state index in [1.807, 2.05) is 0 Å².